The quantitative estimate of drug-likeness (QED) is 0.497. The summed E-state index contributed by atoms with van der Waals surface area (Å²) < 4.78 is 18.5. The van der Waals surface area contributed by atoms with E-state index in [0.29, 0.717) is 17.2 Å². The average molecular weight is 374 g/mol. The second-order valence-corrected chi connectivity index (χ2v) is 6.53. The van der Waals surface area contributed by atoms with Crippen molar-refractivity contribution in [1.82, 2.24) is 9.55 Å². The Bertz CT molecular complexity index is 1120. The predicted molar refractivity (Wildman–Crippen MR) is 111 cm³/mol. The number of imidazole rings is 1. The molecule has 0 amide bonds. The van der Waals surface area contributed by atoms with Gasteiger partial charge in [0.15, 0.2) is 11.5 Å². The maximum Gasteiger partial charge on any atom is 0.203 e. The van der Waals surface area contributed by atoms with Gasteiger partial charge in [-0.25, -0.2) is 4.98 Å². The van der Waals surface area contributed by atoms with E-state index >= 15 is 0 Å². The third-order valence-electron chi connectivity index (χ3n) is 4.90. The maximum absolute atomic E-state index is 5.53. The Morgan fingerprint density at radius 1 is 0.750 bits per heavy atom. The molecule has 0 aliphatic heterocycles. The topological polar surface area (TPSA) is 45.5 Å². The molecule has 4 aromatic rings. The molecule has 0 aliphatic carbocycles. The van der Waals surface area contributed by atoms with Gasteiger partial charge in [0, 0.05) is 18.2 Å². The first-order valence-corrected chi connectivity index (χ1v) is 8.97. The average Bonchev–Trinajstić information content (AvgIpc) is 3.13. The van der Waals surface area contributed by atoms with Crippen LogP contribution in [0.4, 0.5) is 0 Å². The van der Waals surface area contributed by atoms with E-state index in [1.54, 1.807) is 21.3 Å². The van der Waals surface area contributed by atoms with Crippen molar-refractivity contribution in [2.24, 2.45) is 7.05 Å². The van der Waals surface area contributed by atoms with Crippen molar-refractivity contribution in [3.63, 3.8) is 0 Å². The summed E-state index contributed by atoms with van der Waals surface area (Å²) in [6.07, 6.45) is 1.82. The van der Waals surface area contributed by atoms with E-state index < -0.39 is 0 Å². The van der Waals surface area contributed by atoms with E-state index in [1.807, 2.05) is 42.2 Å². The normalized spacial score (nSPS) is 10.9. The molecule has 0 N–H and O–H groups in total. The van der Waals surface area contributed by atoms with Gasteiger partial charge in [-0.05, 0) is 29.0 Å². The number of methoxy groups -OCH3 is 3. The molecule has 0 saturated heterocycles. The van der Waals surface area contributed by atoms with E-state index in [2.05, 4.69) is 35.3 Å². The molecule has 4 rings (SSSR count). The first-order chi connectivity index (χ1) is 13.7. The van der Waals surface area contributed by atoms with E-state index in [1.165, 1.54) is 10.8 Å². The van der Waals surface area contributed by atoms with Gasteiger partial charge < -0.3 is 18.8 Å². The van der Waals surface area contributed by atoms with Gasteiger partial charge in [0.1, 0.15) is 0 Å². The van der Waals surface area contributed by atoms with Crippen molar-refractivity contribution in [3.8, 4) is 39.8 Å². The summed E-state index contributed by atoms with van der Waals surface area (Å²) in [6.45, 7) is 0. The number of aryl methyl sites for hydroxylation is 1. The number of benzene rings is 3. The number of fused-ring (bicyclic) bond motifs is 1. The summed E-state index contributed by atoms with van der Waals surface area (Å²) in [5.41, 5.74) is 3.89. The fraction of sp³-hybridized carbons (Fsp3) is 0.174. The molecule has 28 heavy (non-hydrogen) atoms. The number of rotatable bonds is 5. The van der Waals surface area contributed by atoms with Crippen LogP contribution in [0, 0.1) is 0 Å². The molecule has 0 aliphatic rings. The van der Waals surface area contributed by atoms with E-state index in [9.17, 15) is 0 Å². The highest BCUT2D eigenvalue weighted by molar-refractivity contribution is 5.89. The van der Waals surface area contributed by atoms with Gasteiger partial charge in [0.05, 0.1) is 39.0 Å². The van der Waals surface area contributed by atoms with E-state index in [4.69, 9.17) is 14.2 Å². The van der Waals surface area contributed by atoms with Crippen molar-refractivity contribution in [3.05, 3.63) is 60.9 Å². The van der Waals surface area contributed by atoms with Gasteiger partial charge in [0.2, 0.25) is 5.75 Å². The summed E-state index contributed by atoms with van der Waals surface area (Å²) in [5, 5.41) is 2.39. The minimum Gasteiger partial charge on any atom is -0.493 e. The highest BCUT2D eigenvalue weighted by atomic mass is 16.5. The van der Waals surface area contributed by atoms with Crippen LogP contribution in [-0.2, 0) is 7.05 Å². The summed E-state index contributed by atoms with van der Waals surface area (Å²) in [7, 11) is 6.82. The van der Waals surface area contributed by atoms with Gasteiger partial charge >= 0.3 is 0 Å². The van der Waals surface area contributed by atoms with Crippen LogP contribution in [0.25, 0.3) is 33.3 Å². The van der Waals surface area contributed by atoms with Crippen LogP contribution in [0.3, 0.4) is 0 Å². The Hall–Kier alpha value is -3.47. The summed E-state index contributed by atoms with van der Waals surface area (Å²) in [5.74, 6) is 1.80. The van der Waals surface area contributed by atoms with Gasteiger partial charge in [-0.2, -0.15) is 0 Å². The molecule has 5 nitrogen and oxygen atoms in total. The Morgan fingerprint density at radius 2 is 1.43 bits per heavy atom. The Labute approximate surface area is 164 Å². The molecule has 0 unspecified atom stereocenters. The highest BCUT2D eigenvalue weighted by Crippen LogP contribution is 2.43. The number of hydrogen-bond acceptors (Lipinski definition) is 4. The molecular formula is C23H22N2O3. The lowest BCUT2D eigenvalue weighted by Gasteiger charge is -2.15. The van der Waals surface area contributed by atoms with Crippen LogP contribution in [0.2, 0.25) is 0 Å². The number of ether oxygens (including phenoxy) is 3. The van der Waals surface area contributed by atoms with Crippen LogP contribution >= 0.6 is 0 Å². The summed E-state index contributed by atoms with van der Waals surface area (Å²) in [6, 6.07) is 18.6. The number of hydrogen-bond donors (Lipinski definition) is 0. The van der Waals surface area contributed by atoms with Crippen molar-refractivity contribution in [2.45, 2.75) is 0 Å². The first kappa shape index (κ1) is 17.9. The lowest BCUT2D eigenvalue weighted by atomic mass is 10.0. The highest BCUT2D eigenvalue weighted by Gasteiger charge is 2.19. The standard InChI is InChI=1S/C23H22N2O3/c1-25-14-24-21(17-10-9-15-7-5-6-8-16(15)11-17)22(25)18-12-19(26-2)23(28-4)20(13-18)27-3/h5-14H,1-4H3. The zero-order valence-corrected chi connectivity index (χ0v) is 16.4. The molecule has 0 spiro atoms. The Kier molecular flexibility index (Phi) is 4.65. The monoisotopic (exact) mass is 374 g/mol. The first-order valence-electron chi connectivity index (χ1n) is 8.97. The summed E-state index contributed by atoms with van der Waals surface area (Å²) >= 11 is 0. The van der Waals surface area contributed by atoms with Crippen LogP contribution in [0.5, 0.6) is 17.2 Å². The van der Waals surface area contributed by atoms with Gasteiger partial charge in [-0.3, -0.25) is 0 Å². The molecule has 0 saturated carbocycles. The molecule has 0 radical (unpaired) electrons. The molecule has 0 atom stereocenters. The third-order valence-corrected chi connectivity index (χ3v) is 4.90. The largest absolute Gasteiger partial charge is 0.493 e. The molecule has 1 heterocycles. The van der Waals surface area contributed by atoms with E-state index in [-0.39, 0.29) is 0 Å². The third kappa shape index (κ3) is 2.95. The number of aromatic nitrogens is 2. The van der Waals surface area contributed by atoms with Crippen LogP contribution in [-0.4, -0.2) is 30.9 Å². The predicted octanol–water partition coefficient (Wildman–Crippen LogP) is 4.93. The molecular weight excluding hydrogens is 352 g/mol. The van der Waals surface area contributed by atoms with Crippen molar-refractivity contribution < 1.29 is 14.2 Å². The minimum atomic E-state index is 0.572. The fourth-order valence-corrected chi connectivity index (χ4v) is 3.54. The molecule has 0 fully saturated rings. The van der Waals surface area contributed by atoms with Crippen LogP contribution in [0.1, 0.15) is 0 Å². The van der Waals surface area contributed by atoms with Gasteiger partial charge in [0.25, 0.3) is 0 Å². The molecule has 1 aromatic heterocycles. The smallest absolute Gasteiger partial charge is 0.203 e. The summed E-state index contributed by atoms with van der Waals surface area (Å²) in [4.78, 5) is 4.67. The molecule has 0 bridgehead atoms. The lowest BCUT2D eigenvalue weighted by molar-refractivity contribution is 0.324. The van der Waals surface area contributed by atoms with Crippen LogP contribution < -0.4 is 14.2 Å². The second-order valence-electron chi connectivity index (χ2n) is 6.53. The maximum atomic E-state index is 5.53. The Balaban J connectivity index is 1.91. The second kappa shape index (κ2) is 7.27. The van der Waals surface area contributed by atoms with Gasteiger partial charge in [-0.1, -0.05) is 36.4 Å². The van der Waals surface area contributed by atoms with Crippen molar-refractivity contribution in [2.75, 3.05) is 21.3 Å². The molecule has 3 aromatic carbocycles. The fourth-order valence-electron chi connectivity index (χ4n) is 3.54. The minimum absolute atomic E-state index is 0.572. The lowest BCUT2D eigenvalue weighted by Crippen LogP contribution is -1.98. The molecule has 5 heteroatoms. The van der Waals surface area contributed by atoms with Crippen LogP contribution in [0.15, 0.2) is 60.9 Å². The molecule has 142 valence electrons. The zero-order chi connectivity index (χ0) is 19.7. The zero-order valence-electron chi connectivity index (χ0n) is 16.4. The van der Waals surface area contributed by atoms with Crippen molar-refractivity contribution >= 4 is 10.8 Å². The van der Waals surface area contributed by atoms with E-state index in [0.717, 1.165) is 22.5 Å². The van der Waals surface area contributed by atoms with Gasteiger partial charge in [-0.15, -0.1) is 0 Å². The SMILES string of the molecule is COc1cc(-c2c(-c3ccc4ccccc4c3)ncn2C)cc(OC)c1OC. The van der Waals surface area contributed by atoms with Crippen molar-refractivity contribution in [1.29, 1.82) is 0 Å². The Morgan fingerprint density at radius 3 is 2.07 bits per heavy atom. The number of nitrogens with zero attached hydrogens (tertiary/aromatic N) is 2.